The van der Waals surface area contributed by atoms with Gasteiger partial charge in [0, 0.05) is 5.75 Å². The van der Waals surface area contributed by atoms with Gasteiger partial charge in [-0.25, -0.2) is 0 Å². The molecule has 0 amide bonds. The number of ether oxygens (including phenoxy) is 1. The molecule has 0 aliphatic heterocycles. The zero-order chi connectivity index (χ0) is 9.61. The first-order valence-electron chi connectivity index (χ1n) is 4.20. The van der Waals surface area contributed by atoms with E-state index < -0.39 is 0 Å². The summed E-state index contributed by atoms with van der Waals surface area (Å²) in [6.45, 7) is 6.35. The number of carbonyl (C=O) groups excluding carboxylic acids is 1. The largest absolute Gasteiger partial charge is 0.464 e. The molecule has 0 saturated heterocycles. The third-order valence-electron chi connectivity index (χ3n) is 1.96. The quantitative estimate of drug-likeness (QED) is 0.491. The molecule has 0 aliphatic rings. The predicted molar refractivity (Wildman–Crippen MR) is 53.4 cm³/mol. The zero-order valence-electron chi connectivity index (χ0n) is 8.35. The summed E-state index contributed by atoms with van der Waals surface area (Å²) in [4.78, 5) is 11.3. The maximum atomic E-state index is 11.3. The molecule has 3 heteroatoms. The fraction of sp³-hybridized carbons (Fsp3) is 0.889. The third-order valence-corrected chi connectivity index (χ3v) is 2.53. The maximum absolute atomic E-state index is 11.3. The molecule has 0 aromatic heterocycles. The van der Waals surface area contributed by atoms with E-state index in [-0.39, 0.29) is 11.4 Å². The molecular formula is C9H18O2S. The highest BCUT2D eigenvalue weighted by molar-refractivity contribution is 7.98. The van der Waals surface area contributed by atoms with Gasteiger partial charge in [-0.1, -0.05) is 6.92 Å². The van der Waals surface area contributed by atoms with Crippen LogP contribution in [0.5, 0.6) is 0 Å². The average molecular weight is 190 g/mol. The van der Waals surface area contributed by atoms with E-state index in [2.05, 4.69) is 0 Å². The maximum Gasteiger partial charge on any atom is 0.311 e. The van der Waals surface area contributed by atoms with E-state index in [1.165, 1.54) is 0 Å². The van der Waals surface area contributed by atoms with Crippen LogP contribution in [0.2, 0.25) is 0 Å². The van der Waals surface area contributed by atoms with Gasteiger partial charge in [0.05, 0.1) is 5.41 Å². The van der Waals surface area contributed by atoms with Crippen LogP contribution < -0.4 is 0 Å². The highest BCUT2D eigenvalue weighted by Crippen LogP contribution is 2.21. The Morgan fingerprint density at radius 2 is 2.08 bits per heavy atom. The molecule has 0 rings (SSSR count). The minimum absolute atomic E-state index is 0.0842. The van der Waals surface area contributed by atoms with Crippen molar-refractivity contribution in [3.05, 3.63) is 0 Å². The van der Waals surface area contributed by atoms with Gasteiger partial charge < -0.3 is 4.74 Å². The van der Waals surface area contributed by atoms with Gasteiger partial charge >= 0.3 is 5.97 Å². The van der Waals surface area contributed by atoms with Crippen molar-refractivity contribution in [3.63, 3.8) is 0 Å². The molecule has 0 radical (unpaired) electrons. The van der Waals surface area contributed by atoms with Crippen LogP contribution in [0.4, 0.5) is 0 Å². The minimum Gasteiger partial charge on any atom is -0.464 e. The Labute approximate surface area is 79.1 Å². The van der Waals surface area contributed by atoms with Gasteiger partial charge in [-0.05, 0) is 26.5 Å². The van der Waals surface area contributed by atoms with E-state index in [4.69, 9.17) is 4.74 Å². The van der Waals surface area contributed by atoms with Crippen LogP contribution in [-0.4, -0.2) is 24.6 Å². The van der Waals surface area contributed by atoms with Crippen molar-refractivity contribution in [1.29, 1.82) is 0 Å². The van der Waals surface area contributed by atoms with E-state index in [1.807, 2.05) is 27.0 Å². The Bertz CT molecular complexity index is 143. The van der Waals surface area contributed by atoms with Crippen LogP contribution in [0.25, 0.3) is 0 Å². The Balaban J connectivity index is 3.72. The number of hydrogen-bond acceptors (Lipinski definition) is 3. The summed E-state index contributed by atoms with van der Waals surface area (Å²) in [5.41, 5.74) is -0.321. The van der Waals surface area contributed by atoms with Crippen molar-refractivity contribution >= 4 is 17.7 Å². The monoisotopic (exact) mass is 190 g/mol. The molecule has 0 spiro atoms. The topological polar surface area (TPSA) is 26.3 Å². The molecule has 12 heavy (non-hydrogen) atoms. The van der Waals surface area contributed by atoms with E-state index in [1.54, 1.807) is 11.8 Å². The lowest BCUT2D eigenvalue weighted by Gasteiger charge is -2.19. The van der Waals surface area contributed by atoms with Gasteiger partial charge in [0.1, 0.15) is 6.61 Å². The highest BCUT2D eigenvalue weighted by Gasteiger charge is 2.26. The lowest BCUT2D eigenvalue weighted by molar-refractivity contribution is -0.153. The summed E-state index contributed by atoms with van der Waals surface area (Å²) in [5, 5.41) is 0. The molecule has 0 N–H and O–H groups in total. The molecular weight excluding hydrogens is 172 g/mol. The normalized spacial score (nSPS) is 11.3. The summed E-state index contributed by atoms with van der Waals surface area (Å²) in [7, 11) is 0. The van der Waals surface area contributed by atoms with Gasteiger partial charge in [-0.15, -0.1) is 0 Å². The number of thioether (sulfide) groups is 1. The number of hydrogen-bond donors (Lipinski definition) is 0. The second-order valence-electron chi connectivity index (χ2n) is 3.37. The van der Waals surface area contributed by atoms with Gasteiger partial charge in [0.25, 0.3) is 0 Å². The van der Waals surface area contributed by atoms with E-state index >= 15 is 0 Å². The summed E-state index contributed by atoms with van der Waals surface area (Å²) >= 11 is 1.68. The van der Waals surface area contributed by atoms with Gasteiger partial charge in [-0.2, -0.15) is 11.8 Å². The fourth-order valence-corrected chi connectivity index (χ4v) is 0.807. The van der Waals surface area contributed by atoms with Gasteiger partial charge in [0.2, 0.25) is 0 Å². The smallest absolute Gasteiger partial charge is 0.311 e. The number of esters is 1. The van der Waals surface area contributed by atoms with Crippen LogP contribution >= 0.6 is 11.8 Å². The molecule has 0 atom stereocenters. The van der Waals surface area contributed by atoms with Crippen molar-refractivity contribution < 1.29 is 9.53 Å². The number of rotatable bonds is 5. The molecule has 72 valence electrons. The van der Waals surface area contributed by atoms with Crippen LogP contribution in [0.1, 0.15) is 27.2 Å². The van der Waals surface area contributed by atoms with Crippen LogP contribution in [0.15, 0.2) is 0 Å². The molecule has 0 unspecified atom stereocenters. The van der Waals surface area contributed by atoms with Crippen LogP contribution in [0.3, 0.4) is 0 Å². The SMILES string of the molecule is CCC(C)(C)C(=O)OCCSC. The highest BCUT2D eigenvalue weighted by atomic mass is 32.2. The van der Waals surface area contributed by atoms with Gasteiger partial charge in [0.15, 0.2) is 0 Å². The first-order chi connectivity index (χ1) is 5.54. The molecule has 0 aromatic rings. The molecule has 0 aliphatic carbocycles. The second kappa shape index (κ2) is 5.46. The lowest BCUT2D eigenvalue weighted by Crippen LogP contribution is -2.26. The van der Waals surface area contributed by atoms with E-state index in [9.17, 15) is 4.79 Å². The predicted octanol–water partition coefficient (Wildman–Crippen LogP) is 2.33. The molecule has 0 bridgehead atoms. The summed E-state index contributed by atoms with van der Waals surface area (Å²) < 4.78 is 5.08. The van der Waals surface area contributed by atoms with Crippen molar-refractivity contribution in [2.75, 3.05) is 18.6 Å². The summed E-state index contributed by atoms with van der Waals surface area (Å²) in [5.74, 6) is 0.796. The lowest BCUT2D eigenvalue weighted by atomic mass is 9.91. The first-order valence-corrected chi connectivity index (χ1v) is 5.60. The van der Waals surface area contributed by atoms with Crippen LogP contribution in [0, 0.1) is 5.41 Å². The molecule has 2 nitrogen and oxygen atoms in total. The van der Waals surface area contributed by atoms with E-state index in [0.29, 0.717) is 6.61 Å². The Kier molecular flexibility index (Phi) is 5.38. The van der Waals surface area contributed by atoms with Crippen molar-refractivity contribution in [3.8, 4) is 0 Å². The fourth-order valence-electron chi connectivity index (χ4n) is 0.557. The molecule has 0 saturated carbocycles. The molecule has 0 aromatic carbocycles. The van der Waals surface area contributed by atoms with Crippen LogP contribution in [-0.2, 0) is 9.53 Å². The first kappa shape index (κ1) is 11.8. The van der Waals surface area contributed by atoms with Crippen molar-refractivity contribution in [2.24, 2.45) is 5.41 Å². The Morgan fingerprint density at radius 1 is 1.50 bits per heavy atom. The average Bonchev–Trinajstić information content (AvgIpc) is 2.05. The summed E-state index contributed by atoms with van der Waals surface area (Å²) in [6, 6.07) is 0. The molecule has 0 fully saturated rings. The van der Waals surface area contributed by atoms with Crippen molar-refractivity contribution in [1.82, 2.24) is 0 Å². The standard InChI is InChI=1S/C9H18O2S/c1-5-9(2,3)8(10)11-6-7-12-4/h5-7H2,1-4H3. The Morgan fingerprint density at radius 3 is 2.50 bits per heavy atom. The van der Waals surface area contributed by atoms with Crippen molar-refractivity contribution in [2.45, 2.75) is 27.2 Å². The van der Waals surface area contributed by atoms with E-state index in [0.717, 1.165) is 12.2 Å². The zero-order valence-corrected chi connectivity index (χ0v) is 9.16. The third kappa shape index (κ3) is 4.00. The minimum atomic E-state index is -0.321. The molecule has 0 heterocycles. The Hall–Kier alpha value is -0.180. The second-order valence-corrected chi connectivity index (χ2v) is 4.35. The van der Waals surface area contributed by atoms with Gasteiger partial charge in [-0.3, -0.25) is 4.79 Å². The number of carbonyl (C=O) groups is 1. The summed E-state index contributed by atoms with van der Waals surface area (Å²) in [6.07, 6.45) is 2.82.